The maximum absolute atomic E-state index is 13.3. The first-order chi connectivity index (χ1) is 14.2. The molecule has 0 unspecified atom stereocenters. The number of allylic oxidation sites excluding steroid dienone is 1. The summed E-state index contributed by atoms with van der Waals surface area (Å²) in [4.78, 5) is 13.3. The third kappa shape index (κ3) is 3.18. The van der Waals surface area contributed by atoms with E-state index in [2.05, 4.69) is 10.6 Å². The molecule has 5 nitrogen and oxygen atoms in total. The lowest BCUT2D eigenvalue weighted by molar-refractivity contribution is -0.116. The van der Waals surface area contributed by atoms with Crippen molar-refractivity contribution in [3.8, 4) is 5.75 Å². The Hall–Kier alpha value is -3.47. The summed E-state index contributed by atoms with van der Waals surface area (Å²) in [6, 6.07) is 19.6. The van der Waals surface area contributed by atoms with E-state index in [9.17, 15) is 4.79 Å². The molecular weight excluding hydrogens is 364 g/mol. The van der Waals surface area contributed by atoms with Crippen molar-refractivity contribution in [1.29, 1.82) is 0 Å². The Morgan fingerprint density at radius 3 is 2.48 bits per heavy atom. The molecule has 5 rings (SSSR count). The van der Waals surface area contributed by atoms with E-state index in [0.717, 1.165) is 46.1 Å². The zero-order valence-electron chi connectivity index (χ0n) is 16.1. The van der Waals surface area contributed by atoms with Crippen LogP contribution in [0.5, 0.6) is 5.75 Å². The van der Waals surface area contributed by atoms with Crippen molar-refractivity contribution in [2.45, 2.75) is 24.8 Å². The third-order valence-corrected chi connectivity index (χ3v) is 5.70. The summed E-state index contributed by atoms with van der Waals surface area (Å²) in [6.07, 6.45) is 2.84. The number of hydrogen-bond acceptors (Lipinski definition) is 5. The van der Waals surface area contributed by atoms with Crippen LogP contribution in [0.1, 0.15) is 36.1 Å². The van der Waals surface area contributed by atoms with Crippen LogP contribution in [0, 0.1) is 0 Å². The van der Waals surface area contributed by atoms with Gasteiger partial charge in [0.05, 0.1) is 30.8 Å². The van der Waals surface area contributed by atoms with Crippen LogP contribution in [0.2, 0.25) is 0 Å². The second-order valence-electron chi connectivity index (χ2n) is 7.46. The summed E-state index contributed by atoms with van der Waals surface area (Å²) in [6.45, 7) is 0. The number of benzene rings is 2. The smallest absolute Gasteiger partial charge is 0.163 e. The summed E-state index contributed by atoms with van der Waals surface area (Å²) >= 11 is 0. The fourth-order valence-corrected chi connectivity index (χ4v) is 4.26. The molecular formula is C24H22N2O3. The van der Waals surface area contributed by atoms with Gasteiger partial charge in [0.2, 0.25) is 0 Å². The second-order valence-corrected chi connectivity index (χ2v) is 7.46. The van der Waals surface area contributed by atoms with Gasteiger partial charge in [-0.1, -0.05) is 24.3 Å². The Morgan fingerprint density at radius 2 is 1.76 bits per heavy atom. The summed E-state index contributed by atoms with van der Waals surface area (Å²) < 4.78 is 10.9. The van der Waals surface area contributed by atoms with E-state index in [1.165, 1.54) is 0 Å². The van der Waals surface area contributed by atoms with Crippen LogP contribution in [-0.2, 0) is 4.79 Å². The van der Waals surface area contributed by atoms with Crippen LogP contribution in [0.4, 0.5) is 11.4 Å². The number of Topliss-reactive ketones (excluding diaryl/α,β-unsaturated/α-hetero) is 1. The highest BCUT2D eigenvalue weighted by Crippen LogP contribution is 2.44. The van der Waals surface area contributed by atoms with Crippen molar-refractivity contribution in [3.63, 3.8) is 0 Å². The fraction of sp³-hybridized carbons (Fsp3) is 0.208. The average molecular weight is 386 g/mol. The van der Waals surface area contributed by atoms with Crippen molar-refractivity contribution in [2.75, 3.05) is 17.7 Å². The number of carbonyl (C=O) groups is 1. The fourth-order valence-electron chi connectivity index (χ4n) is 4.26. The summed E-state index contributed by atoms with van der Waals surface area (Å²) in [5.74, 6) is 1.84. The Morgan fingerprint density at radius 1 is 0.966 bits per heavy atom. The molecule has 2 heterocycles. The zero-order chi connectivity index (χ0) is 19.8. The van der Waals surface area contributed by atoms with Crippen molar-refractivity contribution in [1.82, 2.24) is 0 Å². The first-order valence-corrected chi connectivity index (χ1v) is 9.79. The molecule has 0 bridgehead atoms. The number of methoxy groups -OCH3 is 1. The SMILES string of the molecule is COc1ccc([C@H]2Nc3ccccc3NC3=C2C(=O)C[C@@H](c2ccco2)C3)cc1. The number of nitrogens with one attached hydrogen (secondary N) is 2. The van der Waals surface area contributed by atoms with Gasteiger partial charge < -0.3 is 19.8 Å². The van der Waals surface area contributed by atoms with E-state index in [-0.39, 0.29) is 17.7 Å². The van der Waals surface area contributed by atoms with Gasteiger partial charge in [0.1, 0.15) is 11.5 Å². The van der Waals surface area contributed by atoms with Gasteiger partial charge in [0, 0.05) is 23.6 Å². The first-order valence-electron chi connectivity index (χ1n) is 9.79. The number of ketones is 1. The first kappa shape index (κ1) is 17.6. The van der Waals surface area contributed by atoms with Gasteiger partial charge in [-0.05, 0) is 48.4 Å². The Kier molecular flexibility index (Phi) is 4.35. The lowest BCUT2D eigenvalue weighted by atomic mass is 9.80. The Bertz CT molecular complexity index is 1070. The molecule has 146 valence electrons. The van der Waals surface area contributed by atoms with Gasteiger partial charge >= 0.3 is 0 Å². The topological polar surface area (TPSA) is 63.5 Å². The van der Waals surface area contributed by atoms with Crippen molar-refractivity contribution < 1.29 is 13.9 Å². The molecule has 2 aromatic carbocycles. The minimum Gasteiger partial charge on any atom is -0.497 e. The maximum Gasteiger partial charge on any atom is 0.163 e. The van der Waals surface area contributed by atoms with E-state index in [0.29, 0.717) is 6.42 Å². The predicted molar refractivity (Wildman–Crippen MR) is 112 cm³/mol. The lowest BCUT2D eigenvalue weighted by Crippen LogP contribution is -2.26. The average Bonchev–Trinajstić information content (AvgIpc) is 3.23. The second kappa shape index (κ2) is 7.17. The number of ether oxygens (including phenoxy) is 1. The highest BCUT2D eigenvalue weighted by Gasteiger charge is 2.36. The normalized spacial score (nSPS) is 20.8. The molecule has 0 saturated carbocycles. The number of furan rings is 1. The summed E-state index contributed by atoms with van der Waals surface area (Å²) in [7, 11) is 1.65. The van der Waals surface area contributed by atoms with Crippen LogP contribution in [0.25, 0.3) is 0 Å². The molecule has 2 aliphatic rings. The monoisotopic (exact) mass is 386 g/mol. The van der Waals surface area contributed by atoms with Gasteiger partial charge in [-0.25, -0.2) is 0 Å². The Labute approximate surface area is 169 Å². The molecule has 2 atom stereocenters. The number of fused-ring (bicyclic) bond motifs is 1. The third-order valence-electron chi connectivity index (χ3n) is 5.70. The van der Waals surface area contributed by atoms with Crippen molar-refractivity contribution in [3.05, 3.63) is 89.5 Å². The van der Waals surface area contributed by atoms with E-state index < -0.39 is 0 Å². The van der Waals surface area contributed by atoms with Crippen LogP contribution >= 0.6 is 0 Å². The molecule has 0 saturated heterocycles. The van der Waals surface area contributed by atoms with Gasteiger partial charge in [-0.3, -0.25) is 4.79 Å². The number of para-hydroxylation sites is 2. The lowest BCUT2D eigenvalue weighted by Gasteiger charge is -2.29. The highest BCUT2D eigenvalue weighted by atomic mass is 16.5. The zero-order valence-corrected chi connectivity index (χ0v) is 16.1. The molecule has 1 aliphatic heterocycles. The molecule has 0 spiro atoms. The molecule has 1 aromatic heterocycles. The number of rotatable bonds is 3. The van der Waals surface area contributed by atoms with Crippen LogP contribution < -0.4 is 15.4 Å². The van der Waals surface area contributed by atoms with E-state index in [1.807, 2.05) is 60.7 Å². The molecule has 0 amide bonds. The van der Waals surface area contributed by atoms with Gasteiger partial charge in [-0.15, -0.1) is 0 Å². The van der Waals surface area contributed by atoms with E-state index in [4.69, 9.17) is 9.15 Å². The number of hydrogen-bond donors (Lipinski definition) is 2. The summed E-state index contributed by atoms with van der Waals surface area (Å²) in [5.41, 5.74) is 4.74. The molecule has 29 heavy (non-hydrogen) atoms. The molecule has 5 heteroatoms. The van der Waals surface area contributed by atoms with Crippen LogP contribution in [0.15, 0.2) is 82.6 Å². The molecule has 0 radical (unpaired) electrons. The molecule has 0 fully saturated rings. The van der Waals surface area contributed by atoms with Gasteiger partial charge in [0.15, 0.2) is 5.78 Å². The summed E-state index contributed by atoms with van der Waals surface area (Å²) in [5, 5.41) is 7.12. The minimum absolute atomic E-state index is 0.0468. The van der Waals surface area contributed by atoms with E-state index >= 15 is 0 Å². The maximum atomic E-state index is 13.3. The largest absolute Gasteiger partial charge is 0.497 e. The Balaban J connectivity index is 1.60. The van der Waals surface area contributed by atoms with Crippen molar-refractivity contribution >= 4 is 17.2 Å². The standard InChI is InChI=1S/C24H22N2O3/c1-28-17-10-8-15(9-11-17)24-23-20(25-18-5-2-3-6-19(18)26-24)13-16(14-21(23)27)22-7-4-12-29-22/h2-12,16,24-26H,13-14H2,1H3/t16-,24+/m0/s1. The molecule has 1 aliphatic carbocycles. The van der Waals surface area contributed by atoms with Crippen LogP contribution in [0.3, 0.4) is 0 Å². The molecule has 3 aromatic rings. The van der Waals surface area contributed by atoms with E-state index in [1.54, 1.807) is 13.4 Å². The number of carbonyl (C=O) groups excluding carboxylic acids is 1. The molecule has 2 N–H and O–H groups in total. The predicted octanol–water partition coefficient (Wildman–Crippen LogP) is 5.27. The van der Waals surface area contributed by atoms with Gasteiger partial charge in [0.25, 0.3) is 0 Å². The van der Waals surface area contributed by atoms with Crippen LogP contribution in [-0.4, -0.2) is 12.9 Å². The quantitative estimate of drug-likeness (QED) is 0.642. The highest BCUT2D eigenvalue weighted by molar-refractivity contribution is 6.01. The van der Waals surface area contributed by atoms with Crippen molar-refractivity contribution in [2.24, 2.45) is 0 Å². The number of anilines is 2. The minimum atomic E-state index is -0.225. The van der Waals surface area contributed by atoms with Gasteiger partial charge in [-0.2, -0.15) is 0 Å².